The summed E-state index contributed by atoms with van der Waals surface area (Å²) < 4.78 is 0.895. The number of nitrogens with zero attached hydrogens (tertiary/aromatic N) is 2. The van der Waals surface area contributed by atoms with E-state index in [-0.39, 0.29) is 18.4 Å². The molecule has 1 aliphatic heterocycles. The fourth-order valence-electron chi connectivity index (χ4n) is 2.25. The normalized spacial score (nSPS) is 14.6. The molecule has 8 heteroatoms. The third-order valence-corrected chi connectivity index (χ3v) is 5.17. The van der Waals surface area contributed by atoms with Crippen LogP contribution in [0.3, 0.4) is 0 Å². The Hall–Kier alpha value is -0.990. The number of hydrogen-bond acceptors (Lipinski definition) is 3. The van der Waals surface area contributed by atoms with Gasteiger partial charge in [-0.3, -0.25) is 9.59 Å². The minimum absolute atomic E-state index is 0.0161. The first-order chi connectivity index (χ1) is 10.9. The molecule has 1 aromatic rings. The first kappa shape index (κ1) is 18.4. The molecular formula is C15H16Cl2IN3O2. The summed E-state index contributed by atoms with van der Waals surface area (Å²) in [5, 5.41) is 4.01. The number of carbonyl (C=O) groups excluding carboxylic acids is 2. The Labute approximate surface area is 158 Å². The molecule has 2 amide bonds. The summed E-state index contributed by atoms with van der Waals surface area (Å²) >= 11 is 14.1. The summed E-state index contributed by atoms with van der Waals surface area (Å²) in [5.41, 5.74) is 0.772. The lowest BCUT2D eigenvalue weighted by Gasteiger charge is -2.34. The van der Waals surface area contributed by atoms with Crippen molar-refractivity contribution in [2.45, 2.75) is 0 Å². The Kier molecular flexibility index (Phi) is 6.55. The van der Waals surface area contributed by atoms with Crippen molar-refractivity contribution in [2.75, 3.05) is 38.0 Å². The van der Waals surface area contributed by atoms with Gasteiger partial charge in [0, 0.05) is 35.4 Å². The zero-order valence-corrected chi connectivity index (χ0v) is 16.0. The third-order valence-electron chi connectivity index (χ3n) is 3.56. The molecule has 0 aromatic heterocycles. The molecule has 23 heavy (non-hydrogen) atoms. The van der Waals surface area contributed by atoms with Gasteiger partial charge < -0.3 is 15.1 Å². The minimum atomic E-state index is -0.0967. The molecule has 5 nitrogen and oxygen atoms in total. The number of amides is 2. The SMILES string of the molecule is C=CC(=O)N1CCN(C(=O)CNc2cc(Cl)c(Cl)cc2I)CC1. The van der Waals surface area contributed by atoms with Gasteiger partial charge >= 0.3 is 0 Å². The van der Waals surface area contributed by atoms with Crippen LogP contribution in [0.2, 0.25) is 10.0 Å². The van der Waals surface area contributed by atoms with Gasteiger partial charge in [0.2, 0.25) is 11.8 Å². The number of piperazine rings is 1. The largest absolute Gasteiger partial charge is 0.375 e. The van der Waals surface area contributed by atoms with E-state index in [4.69, 9.17) is 23.2 Å². The third kappa shape index (κ3) is 4.74. The van der Waals surface area contributed by atoms with E-state index in [9.17, 15) is 9.59 Å². The Morgan fingerprint density at radius 1 is 1.17 bits per heavy atom. The molecule has 124 valence electrons. The molecule has 0 saturated carbocycles. The molecule has 0 atom stereocenters. The molecule has 1 heterocycles. The quantitative estimate of drug-likeness (QED) is 0.421. The van der Waals surface area contributed by atoms with Crippen molar-refractivity contribution < 1.29 is 9.59 Å². The van der Waals surface area contributed by atoms with E-state index in [1.165, 1.54) is 6.08 Å². The number of benzene rings is 1. The standard InChI is InChI=1S/C15H16Cl2IN3O2/c1-2-14(22)20-3-5-21(6-4-20)15(23)9-19-13-8-11(17)10(16)7-12(13)18/h2,7-8,19H,1,3-6,9H2. The Balaban J connectivity index is 1.88. The molecule has 1 saturated heterocycles. The topological polar surface area (TPSA) is 52.7 Å². The van der Waals surface area contributed by atoms with Crippen molar-refractivity contribution >= 4 is 63.3 Å². The fourth-order valence-corrected chi connectivity index (χ4v) is 3.42. The molecule has 1 aliphatic rings. The van der Waals surface area contributed by atoms with Gasteiger partial charge in [0.15, 0.2) is 0 Å². The van der Waals surface area contributed by atoms with Crippen molar-refractivity contribution in [3.05, 3.63) is 38.4 Å². The summed E-state index contributed by atoms with van der Waals surface area (Å²) in [6.07, 6.45) is 1.30. The fraction of sp³-hybridized carbons (Fsp3) is 0.333. The van der Waals surface area contributed by atoms with Crippen LogP contribution in [0.1, 0.15) is 0 Å². The van der Waals surface area contributed by atoms with Crippen LogP contribution >= 0.6 is 45.8 Å². The van der Waals surface area contributed by atoms with E-state index in [1.807, 2.05) is 0 Å². The van der Waals surface area contributed by atoms with Crippen LogP contribution in [0.5, 0.6) is 0 Å². The van der Waals surface area contributed by atoms with E-state index in [1.54, 1.807) is 21.9 Å². The van der Waals surface area contributed by atoms with Gasteiger partial charge in [-0.15, -0.1) is 0 Å². The predicted octanol–water partition coefficient (Wildman–Crippen LogP) is 2.87. The Morgan fingerprint density at radius 3 is 2.35 bits per heavy atom. The van der Waals surface area contributed by atoms with E-state index < -0.39 is 0 Å². The molecule has 1 fully saturated rings. The molecule has 0 unspecified atom stereocenters. The van der Waals surface area contributed by atoms with Crippen LogP contribution in [0, 0.1) is 3.57 Å². The number of carbonyl (C=O) groups is 2. The maximum atomic E-state index is 12.3. The lowest BCUT2D eigenvalue weighted by Crippen LogP contribution is -2.51. The number of nitrogens with one attached hydrogen (secondary N) is 1. The van der Waals surface area contributed by atoms with Crippen LogP contribution in [0.4, 0.5) is 5.69 Å². The number of rotatable bonds is 4. The summed E-state index contributed by atoms with van der Waals surface area (Å²) in [7, 11) is 0. The number of hydrogen-bond donors (Lipinski definition) is 1. The van der Waals surface area contributed by atoms with E-state index >= 15 is 0 Å². The highest BCUT2D eigenvalue weighted by molar-refractivity contribution is 14.1. The molecule has 1 aromatic carbocycles. The Bertz CT molecular complexity index is 631. The van der Waals surface area contributed by atoms with Crippen molar-refractivity contribution in [1.82, 2.24) is 9.80 Å². The van der Waals surface area contributed by atoms with Gasteiger partial charge in [-0.05, 0) is 40.8 Å². The van der Waals surface area contributed by atoms with Gasteiger partial charge in [-0.25, -0.2) is 0 Å². The van der Waals surface area contributed by atoms with Crippen molar-refractivity contribution in [3.63, 3.8) is 0 Å². The van der Waals surface area contributed by atoms with Gasteiger partial charge in [0.25, 0.3) is 0 Å². The second-order valence-corrected chi connectivity index (χ2v) is 6.99. The zero-order valence-electron chi connectivity index (χ0n) is 12.3. The van der Waals surface area contributed by atoms with Crippen molar-refractivity contribution in [1.29, 1.82) is 0 Å². The summed E-state index contributed by atoms with van der Waals surface area (Å²) in [5.74, 6) is -0.113. The molecule has 2 rings (SSSR count). The smallest absolute Gasteiger partial charge is 0.246 e. The lowest BCUT2D eigenvalue weighted by atomic mass is 10.3. The van der Waals surface area contributed by atoms with E-state index in [2.05, 4.69) is 34.5 Å². The van der Waals surface area contributed by atoms with Gasteiger partial charge in [0.05, 0.1) is 16.6 Å². The van der Waals surface area contributed by atoms with Crippen LogP contribution < -0.4 is 5.32 Å². The van der Waals surface area contributed by atoms with Gasteiger partial charge in [-0.1, -0.05) is 29.8 Å². The number of halogens is 3. The van der Waals surface area contributed by atoms with Crippen molar-refractivity contribution in [2.24, 2.45) is 0 Å². The minimum Gasteiger partial charge on any atom is -0.375 e. The highest BCUT2D eigenvalue weighted by atomic mass is 127. The molecule has 0 aliphatic carbocycles. The Morgan fingerprint density at radius 2 is 1.74 bits per heavy atom. The highest BCUT2D eigenvalue weighted by Gasteiger charge is 2.22. The summed E-state index contributed by atoms with van der Waals surface area (Å²) in [6, 6.07) is 3.45. The van der Waals surface area contributed by atoms with E-state index in [0.29, 0.717) is 36.2 Å². The van der Waals surface area contributed by atoms with E-state index in [0.717, 1.165) is 9.26 Å². The van der Waals surface area contributed by atoms with Crippen LogP contribution in [-0.2, 0) is 9.59 Å². The van der Waals surface area contributed by atoms with Crippen LogP contribution in [-0.4, -0.2) is 54.3 Å². The van der Waals surface area contributed by atoms with Crippen molar-refractivity contribution in [3.8, 4) is 0 Å². The maximum Gasteiger partial charge on any atom is 0.246 e. The zero-order chi connectivity index (χ0) is 17.0. The molecular weight excluding hydrogens is 452 g/mol. The first-order valence-electron chi connectivity index (χ1n) is 7.00. The summed E-state index contributed by atoms with van der Waals surface area (Å²) in [6.45, 7) is 5.75. The second kappa shape index (κ2) is 8.21. The molecule has 0 bridgehead atoms. The summed E-state index contributed by atoms with van der Waals surface area (Å²) in [4.78, 5) is 27.2. The molecule has 0 spiro atoms. The maximum absolute atomic E-state index is 12.3. The predicted molar refractivity (Wildman–Crippen MR) is 101 cm³/mol. The number of anilines is 1. The van der Waals surface area contributed by atoms with Crippen LogP contribution in [0.15, 0.2) is 24.8 Å². The van der Waals surface area contributed by atoms with Gasteiger partial charge in [0.1, 0.15) is 0 Å². The first-order valence-corrected chi connectivity index (χ1v) is 8.83. The van der Waals surface area contributed by atoms with Gasteiger partial charge in [-0.2, -0.15) is 0 Å². The highest BCUT2D eigenvalue weighted by Crippen LogP contribution is 2.29. The second-order valence-electron chi connectivity index (χ2n) is 5.01. The van der Waals surface area contributed by atoms with Crippen LogP contribution in [0.25, 0.3) is 0 Å². The average molecular weight is 468 g/mol. The average Bonchev–Trinajstić information content (AvgIpc) is 2.56. The molecule has 1 N–H and O–H groups in total. The monoisotopic (exact) mass is 467 g/mol. The molecule has 0 radical (unpaired) electrons. The lowest BCUT2D eigenvalue weighted by molar-refractivity contribution is -0.135.